The van der Waals surface area contributed by atoms with Crippen molar-refractivity contribution in [3.05, 3.63) is 86.6 Å². The second-order valence-electron chi connectivity index (χ2n) is 6.47. The van der Waals surface area contributed by atoms with Crippen LogP contribution in [-0.4, -0.2) is 20.0 Å². The number of carbonyl (C=O) groups is 1. The number of halogens is 3. The van der Waals surface area contributed by atoms with E-state index in [1.807, 2.05) is 0 Å². The summed E-state index contributed by atoms with van der Waals surface area (Å²) in [5, 5.41) is 0.456. The number of benzene rings is 3. The Morgan fingerprint density at radius 1 is 0.933 bits per heavy atom. The number of carbonyl (C=O) groups excluding carboxylic acids is 1. The van der Waals surface area contributed by atoms with E-state index in [4.69, 9.17) is 37.4 Å². The average molecular weight is 449 g/mol. The van der Waals surface area contributed by atoms with Crippen LogP contribution in [0.15, 0.2) is 48.5 Å². The van der Waals surface area contributed by atoms with E-state index in [2.05, 4.69) is 0 Å². The van der Waals surface area contributed by atoms with Crippen LogP contribution >= 0.6 is 23.2 Å². The number of rotatable bonds is 7. The van der Waals surface area contributed by atoms with Crippen LogP contribution in [0, 0.1) is 12.7 Å². The lowest BCUT2D eigenvalue weighted by atomic mass is 9.96. The number of aryl methyl sites for hydroxylation is 1. The van der Waals surface area contributed by atoms with Gasteiger partial charge < -0.3 is 14.2 Å². The minimum Gasteiger partial charge on any atom is -0.493 e. The normalized spacial score (nSPS) is 10.6. The van der Waals surface area contributed by atoms with Crippen molar-refractivity contribution in [1.82, 2.24) is 0 Å². The molecule has 0 radical (unpaired) electrons. The molecule has 0 N–H and O–H groups in total. The monoisotopic (exact) mass is 448 g/mol. The standard InChI is InChI=1S/C23H19Cl2FO4/c1-13-11-18(28-2)22(29-3)23(30-12-14-7-9-15(26)10-8-14)19(13)21(27)20-16(24)5-4-6-17(20)25/h4-11H,12H2,1-3H3. The highest BCUT2D eigenvalue weighted by Gasteiger charge is 2.27. The largest absolute Gasteiger partial charge is 0.493 e. The lowest BCUT2D eigenvalue weighted by Gasteiger charge is -2.20. The Kier molecular flexibility index (Phi) is 6.85. The maximum absolute atomic E-state index is 13.5. The number of methoxy groups -OCH3 is 2. The molecule has 0 heterocycles. The summed E-state index contributed by atoms with van der Waals surface area (Å²) in [7, 11) is 2.95. The Hall–Kier alpha value is -2.76. The molecular formula is C23H19Cl2FO4. The summed E-state index contributed by atoms with van der Waals surface area (Å²) >= 11 is 12.5. The Bertz CT molecular complexity index is 1060. The van der Waals surface area contributed by atoms with Crippen molar-refractivity contribution in [3.63, 3.8) is 0 Å². The van der Waals surface area contributed by atoms with Crippen molar-refractivity contribution in [3.8, 4) is 17.2 Å². The summed E-state index contributed by atoms with van der Waals surface area (Å²) in [4.78, 5) is 13.5. The number of hydrogen-bond donors (Lipinski definition) is 0. The lowest BCUT2D eigenvalue weighted by Crippen LogP contribution is -2.11. The van der Waals surface area contributed by atoms with Crippen LogP contribution in [0.1, 0.15) is 27.0 Å². The Labute approximate surface area is 184 Å². The molecule has 0 saturated heterocycles. The highest BCUT2D eigenvalue weighted by atomic mass is 35.5. The first-order chi connectivity index (χ1) is 14.4. The third-order valence-electron chi connectivity index (χ3n) is 4.54. The van der Waals surface area contributed by atoms with Gasteiger partial charge in [-0.25, -0.2) is 4.39 Å². The summed E-state index contributed by atoms with van der Waals surface area (Å²) in [6.45, 7) is 1.84. The Balaban J connectivity index is 2.13. The van der Waals surface area contributed by atoms with Crippen molar-refractivity contribution in [2.75, 3.05) is 14.2 Å². The van der Waals surface area contributed by atoms with Crippen LogP contribution in [-0.2, 0) is 6.61 Å². The van der Waals surface area contributed by atoms with E-state index in [0.29, 0.717) is 16.9 Å². The van der Waals surface area contributed by atoms with Crippen molar-refractivity contribution in [2.45, 2.75) is 13.5 Å². The Morgan fingerprint density at radius 2 is 1.57 bits per heavy atom. The molecule has 3 aromatic carbocycles. The van der Waals surface area contributed by atoms with Gasteiger partial charge in [-0.3, -0.25) is 4.79 Å². The van der Waals surface area contributed by atoms with Gasteiger partial charge in [-0.2, -0.15) is 0 Å². The zero-order valence-electron chi connectivity index (χ0n) is 16.6. The first-order valence-corrected chi connectivity index (χ1v) is 9.74. The van der Waals surface area contributed by atoms with E-state index in [-0.39, 0.29) is 45.1 Å². The first kappa shape index (κ1) is 21.9. The number of ether oxygens (including phenoxy) is 3. The van der Waals surface area contributed by atoms with Crippen LogP contribution in [0.25, 0.3) is 0 Å². The molecule has 7 heteroatoms. The first-order valence-electron chi connectivity index (χ1n) is 8.98. The predicted octanol–water partition coefficient (Wildman–Crippen LogP) is 6.27. The van der Waals surface area contributed by atoms with Crippen LogP contribution in [0.4, 0.5) is 4.39 Å². The van der Waals surface area contributed by atoms with E-state index in [9.17, 15) is 9.18 Å². The summed E-state index contributed by atoms with van der Waals surface area (Å²) in [6, 6.07) is 12.4. The smallest absolute Gasteiger partial charge is 0.204 e. The van der Waals surface area contributed by atoms with Gasteiger partial charge >= 0.3 is 0 Å². The fourth-order valence-corrected chi connectivity index (χ4v) is 3.65. The Morgan fingerprint density at radius 3 is 2.13 bits per heavy atom. The van der Waals surface area contributed by atoms with Gasteiger partial charge in [-0.05, 0) is 48.4 Å². The van der Waals surface area contributed by atoms with Crippen LogP contribution in [0.2, 0.25) is 10.0 Å². The highest BCUT2D eigenvalue weighted by molar-refractivity contribution is 6.41. The molecule has 3 aromatic rings. The predicted molar refractivity (Wildman–Crippen MR) is 115 cm³/mol. The number of ketones is 1. The van der Waals surface area contributed by atoms with E-state index >= 15 is 0 Å². The summed E-state index contributed by atoms with van der Waals surface area (Å²) < 4.78 is 30.1. The van der Waals surface area contributed by atoms with E-state index in [0.717, 1.165) is 0 Å². The van der Waals surface area contributed by atoms with Gasteiger partial charge in [0, 0.05) is 0 Å². The van der Waals surface area contributed by atoms with Gasteiger partial charge in [0.05, 0.1) is 35.4 Å². The third kappa shape index (κ3) is 4.37. The molecule has 0 fully saturated rings. The van der Waals surface area contributed by atoms with Gasteiger partial charge in [0.1, 0.15) is 12.4 Å². The molecule has 0 amide bonds. The molecular weight excluding hydrogens is 430 g/mol. The topological polar surface area (TPSA) is 44.8 Å². The molecule has 156 valence electrons. The quantitative estimate of drug-likeness (QED) is 0.399. The molecule has 0 aliphatic heterocycles. The van der Waals surface area contributed by atoms with E-state index < -0.39 is 5.78 Å². The fraction of sp³-hybridized carbons (Fsp3) is 0.174. The molecule has 3 rings (SSSR count). The average Bonchev–Trinajstić information content (AvgIpc) is 2.72. The molecule has 0 unspecified atom stereocenters. The van der Waals surface area contributed by atoms with Gasteiger partial charge in [-0.15, -0.1) is 0 Å². The molecule has 0 atom stereocenters. The molecule has 0 saturated carbocycles. The van der Waals surface area contributed by atoms with Crippen molar-refractivity contribution >= 4 is 29.0 Å². The van der Waals surface area contributed by atoms with Gasteiger partial charge in [0.25, 0.3) is 0 Å². The molecule has 0 aliphatic carbocycles. The zero-order chi connectivity index (χ0) is 21.8. The highest BCUT2D eigenvalue weighted by Crippen LogP contribution is 2.44. The second kappa shape index (κ2) is 9.37. The van der Waals surface area contributed by atoms with E-state index in [1.165, 1.54) is 26.4 Å². The summed E-state index contributed by atoms with van der Waals surface area (Å²) in [5.74, 6) is 0.109. The summed E-state index contributed by atoms with van der Waals surface area (Å²) in [5.41, 5.74) is 1.74. The zero-order valence-corrected chi connectivity index (χ0v) is 18.1. The summed E-state index contributed by atoms with van der Waals surface area (Å²) in [6.07, 6.45) is 0. The molecule has 0 aliphatic rings. The maximum atomic E-state index is 13.5. The maximum Gasteiger partial charge on any atom is 0.204 e. The SMILES string of the molecule is COc1cc(C)c(C(=O)c2c(Cl)cccc2Cl)c(OCc2ccc(F)cc2)c1OC. The van der Waals surface area contributed by atoms with E-state index in [1.54, 1.807) is 43.3 Å². The molecule has 0 bridgehead atoms. The molecule has 4 nitrogen and oxygen atoms in total. The van der Waals surface area contributed by atoms with Crippen molar-refractivity contribution < 1.29 is 23.4 Å². The minimum atomic E-state index is -0.404. The fourth-order valence-electron chi connectivity index (χ4n) is 3.08. The third-order valence-corrected chi connectivity index (χ3v) is 5.17. The van der Waals surface area contributed by atoms with Gasteiger partial charge in [0.15, 0.2) is 17.3 Å². The molecule has 30 heavy (non-hydrogen) atoms. The van der Waals surface area contributed by atoms with Crippen molar-refractivity contribution in [1.29, 1.82) is 0 Å². The van der Waals surface area contributed by atoms with Crippen LogP contribution < -0.4 is 14.2 Å². The molecule has 0 aromatic heterocycles. The number of hydrogen-bond acceptors (Lipinski definition) is 4. The van der Waals surface area contributed by atoms with Crippen molar-refractivity contribution in [2.24, 2.45) is 0 Å². The second-order valence-corrected chi connectivity index (χ2v) is 7.29. The molecule has 0 spiro atoms. The van der Waals surface area contributed by atoms with Crippen LogP contribution in [0.5, 0.6) is 17.2 Å². The van der Waals surface area contributed by atoms with Gasteiger partial charge in [0.2, 0.25) is 5.75 Å². The lowest BCUT2D eigenvalue weighted by molar-refractivity contribution is 0.103. The minimum absolute atomic E-state index is 0.0831. The van der Waals surface area contributed by atoms with Crippen LogP contribution in [0.3, 0.4) is 0 Å². The van der Waals surface area contributed by atoms with Gasteiger partial charge in [-0.1, -0.05) is 41.4 Å².